The van der Waals surface area contributed by atoms with Gasteiger partial charge in [0.2, 0.25) is 11.8 Å². The first kappa shape index (κ1) is 11.7. The highest BCUT2D eigenvalue weighted by atomic mass is 35.5. The van der Waals surface area contributed by atoms with Crippen molar-refractivity contribution >= 4 is 17.5 Å². The van der Waals surface area contributed by atoms with E-state index in [4.69, 9.17) is 16.3 Å². The van der Waals surface area contributed by atoms with Crippen LogP contribution in [0.2, 0.25) is 5.02 Å². The van der Waals surface area contributed by atoms with Gasteiger partial charge in [0.1, 0.15) is 10.8 Å². The van der Waals surface area contributed by atoms with Crippen LogP contribution in [0.5, 0.6) is 11.6 Å². The Bertz CT molecular complexity index is 531. The Balaban J connectivity index is 2.32. The van der Waals surface area contributed by atoms with Crippen LogP contribution in [-0.4, -0.2) is 17.0 Å². The molecule has 0 aliphatic heterocycles. The molecule has 0 aliphatic rings. The topological polar surface area (TPSA) is 47.0 Å². The molecule has 17 heavy (non-hydrogen) atoms. The lowest BCUT2D eigenvalue weighted by Crippen LogP contribution is -1.98. The minimum Gasteiger partial charge on any atom is -0.437 e. The second-order valence-corrected chi connectivity index (χ2v) is 3.87. The Morgan fingerprint density at radius 1 is 1.29 bits per heavy atom. The molecule has 0 fully saturated rings. The smallest absolute Gasteiger partial charge is 0.243 e. The van der Waals surface area contributed by atoms with E-state index in [2.05, 4.69) is 15.3 Å². The van der Waals surface area contributed by atoms with Crippen LogP contribution in [-0.2, 0) is 0 Å². The van der Waals surface area contributed by atoms with Gasteiger partial charge in [0.15, 0.2) is 0 Å². The molecule has 1 N–H and O–H groups in total. The third-order valence-corrected chi connectivity index (χ3v) is 2.50. The van der Waals surface area contributed by atoms with Crippen LogP contribution in [0.4, 0.5) is 5.95 Å². The van der Waals surface area contributed by atoms with E-state index in [1.807, 2.05) is 31.2 Å². The van der Waals surface area contributed by atoms with E-state index >= 15 is 0 Å². The molecule has 4 nitrogen and oxygen atoms in total. The molecular formula is C12H12ClN3O. The van der Waals surface area contributed by atoms with Crippen LogP contribution >= 0.6 is 11.6 Å². The van der Waals surface area contributed by atoms with Gasteiger partial charge in [-0.15, -0.1) is 0 Å². The second kappa shape index (κ2) is 5.01. The zero-order valence-electron chi connectivity index (χ0n) is 9.57. The average Bonchev–Trinajstić information content (AvgIpc) is 2.35. The Hall–Kier alpha value is -1.81. The monoisotopic (exact) mass is 249 g/mol. The summed E-state index contributed by atoms with van der Waals surface area (Å²) >= 11 is 5.98. The fraction of sp³-hybridized carbons (Fsp3) is 0.167. The molecule has 0 unspecified atom stereocenters. The lowest BCUT2D eigenvalue weighted by Gasteiger charge is -2.09. The number of aromatic nitrogens is 2. The van der Waals surface area contributed by atoms with Crippen molar-refractivity contribution in [1.29, 1.82) is 0 Å². The van der Waals surface area contributed by atoms with E-state index in [0.717, 1.165) is 11.3 Å². The highest BCUT2D eigenvalue weighted by Gasteiger charge is 2.08. The fourth-order valence-electron chi connectivity index (χ4n) is 1.32. The minimum absolute atomic E-state index is 0.348. The van der Waals surface area contributed by atoms with E-state index in [1.165, 1.54) is 6.20 Å². The number of benzene rings is 1. The number of para-hydroxylation sites is 1. The molecule has 88 valence electrons. The summed E-state index contributed by atoms with van der Waals surface area (Å²) in [7, 11) is 1.74. The maximum Gasteiger partial charge on any atom is 0.243 e. The lowest BCUT2D eigenvalue weighted by molar-refractivity contribution is 0.459. The van der Waals surface area contributed by atoms with Gasteiger partial charge >= 0.3 is 0 Å². The molecule has 0 radical (unpaired) electrons. The van der Waals surface area contributed by atoms with Crippen molar-refractivity contribution in [2.75, 3.05) is 12.4 Å². The molecule has 2 aromatic rings. The normalized spacial score (nSPS) is 10.1. The zero-order chi connectivity index (χ0) is 12.3. The van der Waals surface area contributed by atoms with Crippen LogP contribution in [0.3, 0.4) is 0 Å². The summed E-state index contributed by atoms with van der Waals surface area (Å²) in [5.74, 6) is 1.55. The molecule has 0 aliphatic carbocycles. The predicted molar refractivity (Wildman–Crippen MR) is 67.8 cm³/mol. The summed E-state index contributed by atoms with van der Waals surface area (Å²) in [6.45, 7) is 1.96. The van der Waals surface area contributed by atoms with Crippen molar-refractivity contribution in [2.24, 2.45) is 0 Å². The quantitative estimate of drug-likeness (QED) is 0.907. The molecule has 0 amide bonds. The molecule has 0 bridgehead atoms. The van der Waals surface area contributed by atoms with Gasteiger partial charge in [-0.25, -0.2) is 4.98 Å². The minimum atomic E-state index is 0.348. The molecule has 1 aromatic carbocycles. The van der Waals surface area contributed by atoms with E-state index in [-0.39, 0.29) is 0 Å². The zero-order valence-corrected chi connectivity index (χ0v) is 10.3. The van der Waals surface area contributed by atoms with Crippen LogP contribution in [0.1, 0.15) is 5.56 Å². The summed E-state index contributed by atoms with van der Waals surface area (Å²) in [6, 6.07) is 7.68. The van der Waals surface area contributed by atoms with Crippen molar-refractivity contribution in [3.8, 4) is 11.6 Å². The summed E-state index contributed by atoms with van der Waals surface area (Å²) in [4.78, 5) is 8.14. The van der Waals surface area contributed by atoms with Gasteiger partial charge in [0.05, 0.1) is 6.20 Å². The first-order valence-corrected chi connectivity index (χ1v) is 5.52. The van der Waals surface area contributed by atoms with Crippen molar-refractivity contribution < 1.29 is 4.74 Å². The third kappa shape index (κ3) is 2.65. The molecule has 1 heterocycles. The molecule has 2 rings (SSSR count). The molecular weight excluding hydrogens is 238 g/mol. The number of rotatable bonds is 3. The Kier molecular flexibility index (Phi) is 3.44. The van der Waals surface area contributed by atoms with Gasteiger partial charge in [-0.1, -0.05) is 29.8 Å². The maximum absolute atomic E-state index is 5.98. The Morgan fingerprint density at radius 3 is 2.76 bits per heavy atom. The standard InChI is InChI=1S/C12H12ClN3O/c1-8-5-3-4-6-10(8)17-11-9(13)7-15-12(14-2)16-11/h3-7H,1-2H3,(H,14,15,16). The number of aryl methyl sites for hydroxylation is 1. The van der Waals surface area contributed by atoms with Crippen LogP contribution < -0.4 is 10.1 Å². The summed E-state index contributed by atoms with van der Waals surface area (Å²) in [6.07, 6.45) is 1.51. The predicted octanol–water partition coefficient (Wildman–Crippen LogP) is 3.27. The number of nitrogens with one attached hydrogen (secondary N) is 1. The van der Waals surface area contributed by atoms with Gasteiger partial charge in [0.25, 0.3) is 0 Å². The van der Waals surface area contributed by atoms with Crippen molar-refractivity contribution in [1.82, 2.24) is 9.97 Å². The van der Waals surface area contributed by atoms with Crippen LogP contribution in [0.15, 0.2) is 30.5 Å². The highest BCUT2D eigenvalue weighted by Crippen LogP contribution is 2.29. The van der Waals surface area contributed by atoms with Gasteiger partial charge in [0, 0.05) is 7.05 Å². The number of nitrogens with zero attached hydrogens (tertiary/aromatic N) is 2. The number of hydrogen-bond donors (Lipinski definition) is 1. The van der Waals surface area contributed by atoms with Crippen LogP contribution in [0.25, 0.3) is 0 Å². The molecule has 0 saturated carbocycles. The van der Waals surface area contributed by atoms with Crippen molar-refractivity contribution in [3.05, 3.63) is 41.0 Å². The van der Waals surface area contributed by atoms with Crippen molar-refractivity contribution in [3.63, 3.8) is 0 Å². The second-order valence-electron chi connectivity index (χ2n) is 3.46. The van der Waals surface area contributed by atoms with E-state index < -0.39 is 0 Å². The molecule has 0 spiro atoms. The fourth-order valence-corrected chi connectivity index (χ4v) is 1.45. The SMILES string of the molecule is CNc1ncc(Cl)c(Oc2ccccc2C)n1. The summed E-state index contributed by atoms with van der Waals surface area (Å²) < 4.78 is 5.66. The highest BCUT2D eigenvalue weighted by molar-refractivity contribution is 6.31. The van der Waals surface area contributed by atoms with E-state index in [0.29, 0.717) is 16.9 Å². The Morgan fingerprint density at radius 2 is 2.06 bits per heavy atom. The van der Waals surface area contributed by atoms with E-state index in [9.17, 15) is 0 Å². The third-order valence-electron chi connectivity index (χ3n) is 2.24. The number of ether oxygens (including phenoxy) is 1. The number of anilines is 1. The largest absolute Gasteiger partial charge is 0.437 e. The van der Waals surface area contributed by atoms with E-state index in [1.54, 1.807) is 7.05 Å². The van der Waals surface area contributed by atoms with Crippen LogP contribution in [0, 0.1) is 6.92 Å². The van der Waals surface area contributed by atoms with Crippen molar-refractivity contribution in [2.45, 2.75) is 6.92 Å². The lowest BCUT2D eigenvalue weighted by atomic mass is 10.2. The summed E-state index contributed by atoms with van der Waals surface area (Å²) in [5.41, 5.74) is 1.02. The molecule has 0 saturated heterocycles. The van der Waals surface area contributed by atoms with Gasteiger partial charge < -0.3 is 10.1 Å². The first-order valence-electron chi connectivity index (χ1n) is 5.14. The Labute approximate surface area is 105 Å². The van der Waals surface area contributed by atoms with Gasteiger partial charge in [-0.3, -0.25) is 0 Å². The number of halogens is 1. The number of hydrogen-bond acceptors (Lipinski definition) is 4. The molecule has 5 heteroatoms. The van der Waals surface area contributed by atoms with Gasteiger partial charge in [-0.2, -0.15) is 4.98 Å². The molecule has 1 aromatic heterocycles. The first-order chi connectivity index (χ1) is 8.20. The molecule has 0 atom stereocenters. The van der Waals surface area contributed by atoms with Gasteiger partial charge in [-0.05, 0) is 18.6 Å². The average molecular weight is 250 g/mol. The summed E-state index contributed by atoms with van der Waals surface area (Å²) in [5, 5.41) is 3.22. The maximum atomic E-state index is 5.98.